The molecule has 0 aromatic carbocycles. The summed E-state index contributed by atoms with van der Waals surface area (Å²) in [6, 6.07) is 0. The van der Waals surface area contributed by atoms with Gasteiger partial charge in [-0.1, -0.05) is 13.8 Å². The Morgan fingerprint density at radius 1 is 1.71 bits per heavy atom. The third-order valence-corrected chi connectivity index (χ3v) is 1.31. The van der Waals surface area contributed by atoms with Gasteiger partial charge in [0.25, 0.3) is 0 Å². The van der Waals surface area contributed by atoms with Gasteiger partial charge in [0.05, 0.1) is 0 Å². The largest absolute Gasteiger partial charge is 0.230 e. The molecule has 0 N–H and O–H groups in total. The zero-order valence-corrected chi connectivity index (χ0v) is 5.19. The zero-order chi connectivity index (χ0) is 5.91. The maximum Gasteiger partial charge on any atom is 0.103 e. The van der Waals surface area contributed by atoms with Gasteiger partial charge in [-0.2, -0.15) is 0 Å². The van der Waals surface area contributed by atoms with E-state index >= 15 is 0 Å². The molecule has 0 heterocycles. The van der Waals surface area contributed by atoms with Crippen molar-refractivity contribution in [3.8, 4) is 0 Å². The first-order valence-corrected chi connectivity index (χ1v) is 2.63. The summed E-state index contributed by atoms with van der Waals surface area (Å²) in [5, 5.41) is 10.8. The predicted molar refractivity (Wildman–Crippen MR) is 29.4 cm³/mol. The highest BCUT2D eigenvalue weighted by atomic mass is 16.3. The summed E-state index contributed by atoms with van der Waals surface area (Å²) in [7, 11) is 0. The topological polar surface area (TPSA) is 19.9 Å². The van der Waals surface area contributed by atoms with Crippen molar-refractivity contribution in [3.63, 3.8) is 0 Å². The summed E-state index contributed by atoms with van der Waals surface area (Å²) in [6.45, 7) is 5.39. The van der Waals surface area contributed by atoms with Gasteiger partial charge in [0.2, 0.25) is 0 Å². The minimum absolute atomic E-state index is 0.684. The molecule has 42 valence electrons. The van der Waals surface area contributed by atoms with Crippen LogP contribution in [-0.4, -0.2) is 5.60 Å². The molecule has 0 aliphatic carbocycles. The van der Waals surface area contributed by atoms with Crippen LogP contribution in [0.2, 0.25) is 0 Å². The van der Waals surface area contributed by atoms with Crippen LogP contribution in [0.3, 0.4) is 0 Å². The Bertz CT molecular complexity index is 42.1. The van der Waals surface area contributed by atoms with Crippen LogP contribution in [0.5, 0.6) is 0 Å². The van der Waals surface area contributed by atoms with Gasteiger partial charge in [0.15, 0.2) is 0 Å². The average Bonchev–Trinajstić information content (AvgIpc) is 1.68. The van der Waals surface area contributed by atoms with Crippen molar-refractivity contribution in [2.24, 2.45) is 0 Å². The van der Waals surface area contributed by atoms with Gasteiger partial charge in [-0.15, -0.1) is 0 Å². The molecule has 0 saturated carbocycles. The standard InChI is InChI=1S/C6H12O/c1-4-6(3,7)5-2/h4H,5H2,1-3H3. The van der Waals surface area contributed by atoms with E-state index in [1.807, 2.05) is 6.92 Å². The van der Waals surface area contributed by atoms with Crippen molar-refractivity contribution in [2.75, 3.05) is 0 Å². The van der Waals surface area contributed by atoms with Gasteiger partial charge in [0, 0.05) is 0 Å². The Morgan fingerprint density at radius 3 is 2.14 bits per heavy atom. The van der Waals surface area contributed by atoms with E-state index in [1.54, 1.807) is 20.3 Å². The van der Waals surface area contributed by atoms with Gasteiger partial charge in [0.1, 0.15) is 5.60 Å². The lowest BCUT2D eigenvalue weighted by Crippen LogP contribution is -2.19. The Balaban J connectivity index is 3.36. The highest BCUT2D eigenvalue weighted by Crippen LogP contribution is 2.11. The van der Waals surface area contributed by atoms with Crippen LogP contribution in [0, 0.1) is 6.42 Å². The van der Waals surface area contributed by atoms with E-state index in [1.165, 1.54) is 0 Å². The van der Waals surface area contributed by atoms with Gasteiger partial charge in [-0.05, 0) is 19.8 Å². The highest BCUT2D eigenvalue weighted by molar-refractivity contribution is 4.82. The molecule has 0 aromatic heterocycles. The molecule has 2 radical (unpaired) electrons. The zero-order valence-electron chi connectivity index (χ0n) is 5.19. The lowest BCUT2D eigenvalue weighted by atomic mass is 10.0. The van der Waals surface area contributed by atoms with Gasteiger partial charge in [-0.3, -0.25) is 0 Å². The van der Waals surface area contributed by atoms with Crippen LogP contribution < -0.4 is 0 Å². The third kappa shape index (κ3) is 2.63. The average molecular weight is 100 g/mol. The van der Waals surface area contributed by atoms with Crippen molar-refractivity contribution in [1.82, 2.24) is 0 Å². The molecular formula is C6H12O. The fraction of sp³-hybridized carbons (Fsp3) is 0.833. The van der Waals surface area contributed by atoms with Crippen molar-refractivity contribution in [2.45, 2.75) is 32.8 Å². The van der Waals surface area contributed by atoms with Crippen LogP contribution in [0.15, 0.2) is 0 Å². The van der Waals surface area contributed by atoms with Crippen molar-refractivity contribution in [1.29, 1.82) is 0 Å². The number of hydrogen-bond donors (Lipinski definition) is 0. The van der Waals surface area contributed by atoms with Gasteiger partial charge < -0.3 is 0 Å². The first-order chi connectivity index (χ1) is 3.12. The molecule has 0 saturated heterocycles. The molecule has 0 fully saturated rings. The van der Waals surface area contributed by atoms with Crippen molar-refractivity contribution < 1.29 is 5.11 Å². The fourth-order valence-corrected chi connectivity index (χ4v) is 0.204. The second-order valence-corrected chi connectivity index (χ2v) is 1.95. The van der Waals surface area contributed by atoms with E-state index in [-0.39, 0.29) is 0 Å². The van der Waals surface area contributed by atoms with E-state index in [2.05, 4.69) is 0 Å². The second kappa shape index (κ2) is 2.31. The quantitative estimate of drug-likeness (QED) is 0.504. The molecule has 0 aliphatic rings. The molecule has 1 nitrogen and oxygen atoms in total. The summed E-state index contributed by atoms with van der Waals surface area (Å²) in [6.07, 6.45) is 2.37. The van der Waals surface area contributed by atoms with Crippen LogP contribution in [0.4, 0.5) is 0 Å². The van der Waals surface area contributed by atoms with Crippen molar-refractivity contribution >= 4 is 0 Å². The van der Waals surface area contributed by atoms with Crippen molar-refractivity contribution in [3.05, 3.63) is 6.42 Å². The van der Waals surface area contributed by atoms with Crippen LogP contribution in [-0.2, 0) is 5.11 Å². The molecule has 7 heavy (non-hydrogen) atoms. The summed E-state index contributed by atoms with van der Waals surface area (Å²) in [4.78, 5) is 0. The summed E-state index contributed by atoms with van der Waals surface area (Å²) in [5.41, 5.74) is -0.792. The molecule has 0 aliphatic heterocycles. The van der Waals surface area contributed by atoms with E-state index in [4.69, 9.17) is 0 Å². The Labute approximate surface area is 45.4 Å². The summed E-state index contributed by atoms with van der Waals surface area (Å²) < 4.78 is 0. The molecule has 1 unspecified atom stereocenters. The summed E-state index contributed by atoms with van der Waals surface area (Å²) >= 11 is 0. The fourth-order valence-electron chi connectivity index (χ4n) is 0.204. The van der Waals surface area contributed by atoms with Crippen LogP contribution >= 0.6 is 0 Å². The highest BCUT2D eigenvalue weighted by Gasteiger charge is 2.15. The molecule has 1 heteroatoms. The molecule has 0 rings (SSSR count). The lowest BCUT2D eigenvalue weighted by molar-refractivity contribution is 0.0138. The molecule has 0 amide bonds. The van der Waals surface area contributed by atoms with E-state index < -0.39 is 5.60 Å². The molecule has 1 atom stereocenters. The smallest absolute Gasteiger partial charge is 0.103 e. The molecular weight excluding hydrogens is 88.1 g/mol. The Morgan fingerprint density at radius 2 is 2.14 bits per heavy atom. The SMILES string of the molecule is C[CH]C(C)([O])CC. The second-order valence-electron chi connectivity index (χ2n) is 1.95. The van der Waals surface area contributed by atoms with Crippen LogP contribution in [0.1, 0.15) is 27.2 Å². The first kappa shape index (κ1) is 6.96. The monoisotopic (exact) mass is 100 g/mol. The Kier molecular flexibility index (Phi) is 2.30. The molecule has 0 aromatic rings. The van der Waals surface area contributed by atoms with E-state index in [9.17, 15) is 5.11 Å². The van der Waals surface area contributed by atoms with E-state index in [0.717, 1.165) is 0 Å². The first-order valence-electron chi connectivity index (χ1n) is 2.63. The molecule has 0 bridgehead atoms. The van der Waals surface area contributed by atoms with Gasteiger partial charge >= 0.3 is 0 Å². The normalized spacial score (nSPS) is 12.0. The van der Waals surface area contributed by atoms with Gasteiger partial charge in [-0.25, -0.2) is 5.11 Å². The lowest BCUT2D eigenvalue weighted by Gasteiger charge is -2.13. The summed E-state index contributed by atoms with van der Waals surface area (Å²) in [5.74, 6) is 0. The minimum atomic E-state index is -0.792. The molecule has 0 spiro atoms. The Hall–Kier alpha value is -0.0400. The predicted octanol–water partition coefficient (Wildman–Crippen LogP) is 1.81. The maximum absolute atomic E-state index is 10.8. The van der Waals surface area contributed by atoms with Crippen LogP contribution in [0.25, 0.3) is 0 Å². The maximum atomic E-state index is 10.8. The third-order valence-electron chi connectivity index (χ3n) is 1.31. The number of rotatable bonds is 2. The van der Waals surface area contributed by atoms with E-state index in [0.29, 0.717) is 6.42 Å². The minimum Gasteiger partial charge on any atom is -0.230 e. The number of hydrogen-bond acceptors (Lipinski definition) is 0.